The number of anilines is 1. The number of non-ortho nitro benzene ring substituents is 1. The maximum absolute atomic E-state index is 10.7. The molecular weight excluding hydrogens is 248 g/mol. The molecule has 0 saturated carbocycles. The van der Waals surface area contributed by atoms with Crippen LogP contribution in [0.2, 0.25) is 0 Å². The van der Waals surface area contributed by atoms with Gasteiger partial charge >= 0.3 is 0 Å². The van der Waals surface area contributed by atoms with Crippen molar-refractivity contribution in [3.8, 4) is 0 Å². The fourth-order valence-electron chi connectivity index (χ4n) is 2.29. The van der Waals surface area contributed by atoms with Crippen molar-refractivity contribution in [1.82, 2.24) is 10.3 Å². The van der Waals surface area contributed by atoms with Gasteiger partial charge in [0.25, 0.3) is 11.7 Å². The molecule has 100 valence electrons. The second kappa shape index (κ2) is 4.51. The van der Waals surface area contributed by atoms with Crippen molar-refractivity contribution in [2.24, 2.45) is 0 Å². The molecule has 1 aliphatic heterocycles. The molecule has 0 bridgehead atoms. The van der Waals surface area contributed by atoms with Gasteiger partial charge in [0.2, 0.25) is 0 Å². The molecule has 19 heavy (non-hydrogen) atoms. The number of benzene rings is 1. The van der Waals surface area contributed by atoms with Crippen molar-refractivity contribution in [1.29, 1.82) is 0 Å². The van der Waals surface area contributed by atoms with Crippen LogP contribution in [0.1, 0.15) is 6.42 Å². The summed E-state index contributed by atoms with van der Waals surface area (Å²) < 4.78 is 5.62. The SMILES string of the molecule is CN(c1nc2ccc([N+](=O)[O-])cc2o1)C1CCNC1. The number of fused-ring (bicyclic) bond motifs is 1. The summed E-state index contributed by atoms with van der Waals surface area (Å²) in [6, 6.07) is 5.31. The number of hydrogen-bond acceptors (Lipinski definition) is 6. The van der Waals surface area contributed by atoms with Crippen LogP contribution < -0.4 is 10.2 Å². The van der Waals surface area contributed by atoms with Gasteiger partial charge in [-0.25, -0.2) is 0 Å². The van der Waals surface area contributed by atoms with Gasteiger partial charge in [-0.15, -0.1) is 0 Å². The Morgan fingerprint density at radius 3 is 3.11 bits per heavy atom. The zero-order chi connectivity index (χ0) is 13.4. The number of aromatic nitrogens is 1. The van der Waals surface area contributed by atoms with E-state index >= 15 is 0 Å². The van der Waals surface area contributed by atoms with Gasteiger partial charge in [0.05, 0.1) is 11.0 Å². The normalized spacial score (nSPS) is 18.9. The monoisotopic (exact) mass is 262 g/mol. The lowest BCUT2D eigenvalue weighted by molar-refractivity contribution is -0.384. The molecule has 7 heteroatoms. The molecule has 0 spiro atoms. The van der Waals surface area contributed by atoms with E-state index in [2.05, 4.69) is 10.3 Å². The Labute approximate surface area is 109 Å². The molecule has 2 heterocycles. The molecule has 1 unspecified atom stereocenters. The van der Waals surface area contributed by atoms with E-state index < -0.39 is 4.92 Å². The van der Waals surface area contributed by atoms with E-state index in [1.165, 1.54) is 12.1 Å². The minimum absolute atomic E-state index is 0.0142. The van der Waals surface area contributed by atoms with E-state index in [0.717, 1.165) is 19.5 Å². The van der Waals surface area contributed by atoms with E-state index in [1.807, 2.05) is 11.9 Å². The van der Waals surface area contributed by atoms with Crippen molar-refractivity contribution in [2.45, 2.75) is 12.5 Å². The number of hydrogen-bond donors (Lipinski definition) is 1. The van der Waals surface area contributed by atoms with E-state index in [0.29, 0.717) is 23.2 Å². The zero-order valence-electron chi connectivity index (χ0n) is 10.5. The van der Waals surface area contributed by atoms with Crippen molar-refractivity contribution < 1.29 is 9.34 Å². The summed E-state index contributed by atoms with van der Waals surface area (Å²) >= 11 is 0. The molecule has 3 rings (SSSR count). The predicted octanol–water partition coefficient (Wildman–Crippen LogP) is 1.53. The Kier molecular flexibility index (Phi) is 2.83. The molecule has 1 aromatic heterocycles. The molecule has 7 nitrogen and oxygen atoms in total. The van der Waals surface area contributed by atoms with Gasteiger partial charge in [0.1, 0.15) is 5.52 Å². The lowest BCUT2D eigenvalue weighted by atomic mass is 10.2. The minimum atomic E-state index is -0.438. The molecule has 1 aliphatic rings. The molecular formula is C12H14N4O3. The quantitative estimate of drug-likeness (QED) is 0.667. The van der Waals surface area contributed by atoms with Crippen LogP contribution in [0.5, 0.6) is 0 Å². The van der Waals surface area contributed by atoms with Crippen molar-refractivity contribution in [3.63, 3.8) is 0 Å². The van der Waals surface area contributed by atoms with Crippen LogP contribution in [0.3, 0.4) is 0 Å². The first kappa shape index (κ1) is 11.9. The predicted molar refractivity (Wildman–Crippen MR) is 70.3 cm³/mol. The Balaban J connectivity index is 1.94. The van der Waals surface area contributed by atoms with Gasteiger partial charge < -0.3 is 14.6 Å². The maximum atomic E-state index is 10.7. The summed E-state index contributed by atoms with van der Waals surface area (Å²) in [6.45, 7) is 1.88. The van der Waals surface area contributed by atoms with Crippen molar-refractivity contribution >= 4 is 22.8 Å². The number of rotatable bonds is 3. The third-order valence-corrected chi connectivity index (χ3v) is 3.46. The molecule has 0 radical (unpaired) electrons. The molecule has 0 amide bonds. The van der Waals surface area contributed by atoms with E-state index in [4.69, 9.17) is 4.42 Å². The van der Waals surface area contributed by atoms with Crippen LogP contribution in [0, 0.1) is 10.1 Å². The highest BCUT2D eigenvalue weighted by Crippen LogP contribution is 2.26. The van der Waals surface area contributed by atoms with Gasteiger partial charge in [-0.2, -0.15) is 4.98 Å². The first-order chi connectivity index (χ1) is 9.15. The summed E-state index contributed by atoms with van der Waals surface area (Å²) in [5.41, 5.74) is 1.10. The van der Waals surface area contributed by atoms with Crippen LogP contribution in [-0.4, -0.2) is 36.1 Å². The fourth-order valence-corrected chi connectivity index (χ4v) is 2.29. The highest BCUT2D eigenvalue weighted by atomic mass is 16.6. The number of oxazole rings is 1. The Morgan fingerprint density at radius 1 is 1.58 bits per heavy atom. The van der Waals surface area contributed by atoms with Gasteiger partial charge in [0.15, 0.2) is 5.58 Å². The average Bonchev–Trinajstić information content (AvgIpc) is 3.06. The van der Waals surface area contributed by atoms with Crippen LogP contribution in [0.15, 0.2) is 22.6 Å². The third kappa shape index (κ3) is 2.12. The summed E-state index contributed by atoms with van der Waals surface area (Å²) in [7, 11) is 1.93. The smallest absolute Gasteiger partial charge is 0.298 e. The highest BCUT2D eigenvalue weighted by Gasteiger charge is 2.23. The molecule has 1 saturated heterocycles. The van der Waals surface area contributed by atoms with Crippen molar-refractivity contribution in [3.05, 3.63) is 28.3 Å². The number of nitro groups is 1. The van der Waals surface area contributed by atoms with Crippen LogP contribution in [0.4, 0.5) is 11.7 Å². The maximum Gasteiger partial charge on any atom is 0.298 e. The molecule has 2 aromatic rings. The summed E-state index contributed by atoms with van der Waals surface area (Å²) in [5.74, 6) is 0. The average molecular weight is 262 g/mol. The van der Waals surface area contributed by atoms with E-state index in [9.17, 15) is 10.1 Å². The highest BCUT2D eigenvalue weighted by molar-refractivity contribution is 5.77. The molecule has 1 N–H and O–H groups in total. The molecule has 0 aliphatic carbocycles. The summed E-state index contributed by atoms with van der Waals surface area (Å²) in [6.07, 6.45) is 1.04. The number of nitrogens with one attached hydrogen (secondary N) is 1. The fraction of sp³-hybridized carbons (Fsp3) is 0.417. The topological polar surface area (TPSA) is 84.4 Å². The van der Waals surface area contributed by atoms with E-state index in [-0.39, 0.29) is 5.69 Å². The van der Waals surface area contributed by atoms with Crippen LogP contribution >= 0.6 is 0 Å². The summed E-state index contributed by atoms with van der Waals surface area (Å²) in [4.78, 5) is 16.6. The lowest BCUT2D eigenvalue weighted by Crippen LogP contribution is -2.33. The van der Waals surface area contributed by atoms with E-state index in [1.54, 1.807) is 6.07 Å². The van der Waals surface area contributed by atoms with Gasteiger partial charge in [0, 0.05) is 25.7 Å². The first-order valence-electron chi connectivity index (χ1n) is 6.13. The third-order valence-electron chi connectivity index (χ3n) is 3.46. The van der Waals surface area contributed by atoms with Gasteiger partial charge in [-0.05, 0) is 19.0 Å². The number of nitro benzene ring substituents is 1. The summed E-state index contributed by atoms with van der Waals surface area (Å²) in [5, 5.41) is 14.0. The molecule has 1 fully saturated rings. The standard InChI is InChI=1S/C12H14N4O3/c1-15(9-4-5-13-7-9)12-14-10-3-2-8(16(17)18)6-11(10)19-12/h2-3,6,9,13H,4-5,7H2,1H3. The van der Waals surface area contributed by atoms with Crippen LogP contribution in [0.25, 0.3) is 11.1 Å². The zero-order valence-corrected chi connectivity index (χ0v) is 10.5. The van der Waals surface area contributed by atoms with Crippen LogP contribution in [-0.2, 0) is 0 Å². The minimum Gasteiger partial charge on any atom is -0.423 e. The largest absolute Gasteiger partial charge is 0.423 e. The Hall–Kier alpha value is -2.15. The molecule has 1 aromatic carbocycles. The number of nitrogens with zero attached hydrogens (tertiary/aromatic N) is 3. The Bertz CT molecular complexity index is 618. The Morgan fingerprint density at radius 2 is 2.42 bits per heavy atom. The van der Waals surface area contributed by atoms with Gasteiger partial charge in [-0.1, -0.05) is 0 Å². The number of likely N-dealkylation sites (N-methyl/N-ethyl adjacent to an activating group) is 1. The lowest BCUT2D eigenvalue weighted by Gasteiger charge is -2.21. The first-order valence-corrected chi connectivity index (χ1v) is 6.13. The second-order valence-corrected chi connectivity index (χ2v) is 4.66. The molecule has 1 atom stereocenters. The second-order valence-electron chi connectivity index (χ2n) is 4.66. The van der Waals surface area contributed by atoms with Gasteiger partial charge in [-0.3, -0.25) is 10.1 Å². The van der Waals surface area contributed by atoms with Crippen molar-refractivity contribution in [2.75, 3.05) is 25.0 Å².